The summed E-state index contributed by atoms with van der Waals surface area (Å²) in [5, 5.41) is 0. The molecule has 0 spiro atoms. The van der Waals surface area contributed by atoms with Gasteiger partial charge in [-0.3, -0.25) is 9.78 Å². The Labute approximate surface area is 144 Å². The minimum absolute atomic E-state index is 0.0669. The van der Waals surface area contributed by atoms with Gasteiger partial charge in [0.25, 0.3) is 0 Å². The molecule has 2 heterocycles. The van der Waals surface area contributed by atoms with Crippen molar-refractivity contribution >= 4 is 17.0 Å². The maximum absolute atomic E-state index is 14.0. The Morgan fingerprint density at radius 1 is 1.20 bits per heavy atom. The summed E-state index contributed by atoms with van der Waals surface area (Å²) >= 11 is 0. The highest BCUT2D eigenvalue weighted by atomic mass is 19.1. The molecule has 0 radical (unpaired) electrons. The van der Waals surface area contributed by atoms with Crippen molar-refractivity contribution in [3.8, 4) is 11.3 Å². The van der Waals surface area contributed by atoms with Crippen LogP contribution in [0, 0.1) is 11.6 Å². The molecule has 5 nitrogen and oxygen atoms in total. The lowest BCUT2D eigenvalue weighted by atomic mass is 10.1. The summed E-state index contributed by atoms with van der Waals surface area (Å²) in [6, 6.07) is 2.23. The van der Waals surface area contributed by atoms with E-state index in [0.29, 0.717) is 5.52 Å². The van der Waals surface area contributed by atoms with Crippen molar-refractivity contribution in [2.75, 3.05) is 5.73 Å². The normalized spacial score (nSPS) is 10.4. The van der Waals surface area contributed by atoms with E-state index in [4.69, 9.17) is 5.73 Å². The lowest BCUT2D eigenvalue weighted by Crippen LogP contribution is -2.00. The Balaban J connectivity index is 0.000000511. The lowest BCUT2D eigenvalue weighted by molar-refractivity contribution is 0.101. The number of unbranched alkanes of at least 4 members (excludes halogenated alkanes) is 1. The third kappa shape index (κ3) is 3.81. The van der Waals surface area contributed by atoms with Crippen LogP contribution in [0.3, 0.4) is 0 Å². The number of halogens is 2. The minimum atomic E-state index is -0.867. The summed E-state index contributed by atoms with van der Waals surface area (Å²) in [4.78, 5) is 19.3. The summed E-state index contributed by atoms with van der Waals surface area (Å²) in [6.07, 6.45) is 6.77. The second-order valence-electron chi connectivity index (χ2n) is 5.54. The van der Waals surface area contributed by atoms with Crippen molar-refractivity contribution in [1.29, 1.82) is 0 Å². The number of hydrogen-bond acceptors (Lipinski definition) is 4. The molecule has 25 heavy (non-hydrogen) atoms. The first-order chi connectivity index (χ1) is 11.9. The van der Waals surface area contributed by atoms with E-state index < -0.39 is 11.6 Å². The number of Topliss-reactive ketones (excluding diaryl/α,β-unsaturated/α-hetero) is 1. The Morgan fingerprint density at radius 2 is 1.88 bits per heavy atom. The number of benzene rings is 1. The average Bonchev–Trinajstić information content (AvgIpc) is 3.02. The van der Waals surface area contributed by atoms with Crippen LogP contribution >= 0.6 is 0 Å². The third-order valence-electron chi connectivity index (χ3n) is 3.63. The standard InChI is InChI=1S/C14H10F2N4O.C4H10/c1-7(21)14-11-4-18-10(5-20(11)6-19-14)12-8(15)2-3-9(17)13(12)16;1-3-4-2/h2-6H,17H2,1H3;3-4H2,1-2H3. The number of nitrogen functional groups attached to an aromatic ring is 1. The maximum atomic E-state index is 14.0. The molecule has 2 N–H and O–H groups in total. The highest BCUT2D eigenvalue weighted by Gasteiger charge is 2.17. The Hall–Kier alpha value is -2.83. The van der Waals surface area contributed by atoms with E-state index >= 15 is 0 Å². The van der Waals surface area contributed by atoms with E-state index in [1.807, 2.05) is 0 Å². The van der Waals surface area contributed by atoms with E-state index in [9.17, 15) is 13.6 Å². The van der Waals surface area contributed by atoms with Gasteiger partial charge in [-0.2, -0.15) is 0 Å². The number of hydrogen-bond donors (Lipinski definition) is 1. The molecule has 0 fully saturated rings. The highest BCUT2D eigenvalue weighted by molar-refractivity contribution is 5.98. The molecule has 0 aliphatic heterocycles. The van der Waals surface area contributed by atoms with E-state index in [2.05, 4.69) is 23.8 Å². The van der Waals surface area contributed by atoms with Gasteiger partial charge in [0.15, 0.2) is 11.6 Å². The Morgan fingerprint density at radius 3 is 2.48 bits per heavy atom. The first kappa shape index (κ1) is 18.5. The summed E-state index contributed by atoms with van der Waals surface area (Å²) in [5.74, 6) is -1.84. The van der Waals surface area contributed by atoms with Crippen LogP contribution in [0.25, 0.3) is 16.8 Å². The van der Waals surface area contributed by atoms with Gasteiger partial charge in [-0.25, -0.2) is 13.8 Å². The van der Waals surface area contributed by atoms with Crippen LogP contribution in [-0.2, 0) is 0 Å². The molecule has 0 saturated heterocycles. The number of ketones is 1. The van der Waals surface area contributed by atoms with Gasteiger partial charge in [0, 0.05) is 13.1 Å². The molecule has 0 aliphatic carbocycles. The molecule has 0 saturated carbocycles. The molecular formula is C18H20F2N4O. The quantitative estimate of drug-likeness (QED) is 0.568. The molecule has 7 heteroatoms. The summed E-state index contributed by atoms with van der Waals surface area (Å²) < 4.78 is 29.3. The van der Waals surface area contributed by atoms with Gasteiger partial charge in [0.2, 0.25) is 0 Å². The first-order valence-electron chi connectivity index (χ1n) is 7.98. The second kappa shape index (κ2) is 7.83. The van der Waals surface area contributed by atoms with Gasteiger partial charge in [-0.1, -0.05) is 26.7 Å². The first-order valence-corrected chi connectivity index (χ1v) is 7.98. The largest absolute Gasteiger partial charge is 0.396 e. The van der Waals surface area contributed by atoms with Crippen LogP contribution in [0.1, 0.15) is 44.1 Å². The predicted molar refractivity (Wildman–Crippen MR) is 93.3 cm³/mol. The molecule has 3 rings (SSSR count). The molecular weight excluding hydrogens is 326 g/mol. The van der Waals surface area contributed by atoms with Crippen LogP contribution in [0.2, 0.25) is 0 Å². The van der Waals surface area contributed by atoms with E-state index in [1.165, 1.54) is 42.9 Å². The van der Waals surface area contributed by atoms with Crippen LogP contribution in [0.15, 0.2) is 30.9 Å². The topological polar surface area (TPSA) is 73.3 Å². The number of nitrogens with two attached hydrogens (primary N) is 1. The third-order valence-corrected chi connectivity index (χ3v) is 3.63. The molecule has 0 aliphatic rings. The van der Waals surface area contributed by atoms with Crippen molar-refractivity contribution in [2.24, 2.45) is 0 Å². The summed E-state index contributed by atoms with van der Waals surface area (Å²) in [5.41, 5.74) is 5.76. The molecule has 2 aromatic heterocycles. The lowest BCUT2D eigenvalue weighted by Gasteiger charge is -2.07. The molecule has 3 aromatic rings. The number of anilines is 1. The number of nitrogens with zero attached hydrogens (tertiary/aromatic N) is 3. The number of imidazole rings is 1. The van der Waals surface area contributed by atoms with Gasteiger partial charge >= 0.3 is 0 Å². The molecule has 1 aromatic carbocycles. The maximum Gasteiger partial charge on any atom is 0.180 e. The molecule has 132 valence electrons. The smallest absolute Gasteiger partial charge is 0.180 e. The Kier molecular flexibility index (Phi) is 5.80. The van der Waals surface area contributed by atoms with E-state index in [0.717, 1.165) is 12.1 Å². The fourth-order valence-electron chi connectivity index (χ4n) is 2.10. The van der Waals surface area contributed by atoms with Gasteiger partial charge in [-0.15, -0.1) is 0 Å². The second-order valence-corrected chi connectivity index (χ2v) is 5.54. The highest BCUT2D eigenvalue weighted by Crippen LogP contribution is 2.28. The summed E-state index contributed by atoms with van der Waals surface area (Å²) in [7, 11) is 0. The fourth-order valence-corrected chi connectivity index (χ4v) is 2.10. The van der Waals surface area contributed by atoms with Gasteiger partial charge in [0.1, 0.15) is 17.8 Å². The number of carbonyl (C=O) groups excluding carboxylic acids is 1. The average molecular weight is 346 g/mol. The molecule has 0 unspecified atom stereocenters. The Bertz CT molecular complexity index is 903. The van der Waals surface area contributed by atoms with Crippen LogP contribution in [0.5, 0.6) is 0 Å². The van der Waals surface area contributed by atoms with Crippen LogP contribution in [-0.4, -0.2) is 20.2 Å². The number of rotatable bonds is 3. The van der Waals surface area contributed by atoms with Crippen LogP contribution in [0.4, 0.5) is 14.5 Å². The van der Waals surface area contributed by atoms with Crippen molar-refractivity contribution in [3.63, 3.8) is 0 Å². The fraction of sp³-hybridized carbons (Fsp3) is 0.278. The predicted octanol–water partition coefficient (Wildman–Crippen LogP) is 4.27. The van der Waals surface area contributed by atoms with E-state index in [-0.39, 0.29) is 28.4 Å². The molecule has 0 atom stereocenters. The van der Waals surface area contributed by atoms with E-state index in [1.54, 1.807) is 0 Å². The monoisotopic (exact) mass is 346 g/mol. The van der Waals surface area contributed by atoms with Crippen LogP contribution < -0.4 is 5.73 Å². The number of fused-ring (bicyclic) bond motifs is 1. The summed E-state index contributed by atoms with van der Waals surface area (Å²) in [6.45, 7) is 5.74. The number of aromatic nitrogens is 3. The zero-order chi connectivity index (χ0) is 18.6. The zero-order valence-electron chi connectivity index (χ0n) is 14.4. The van der Waals surface area contributed by atoms with Gasteiger partial charge in [-0.05, 0) is 12.1 Å². The van der Waals surface area contributed by atoms with Crippen molar-refractivity contribution in [2.45, 2.75) is 33.6 Å². The van der Waals surface area contributed by atoms with Crippen molar-refractivity contribution in [1.82, 2.24) is 14.4 Å². The SMILES string of the molecule is CC(=O)c1ncn2cc(-c3c(F)ccc(N)c3F)ncc12.CCCC. The number of carbonyl (C=O) groups is 1. The van der Waals surface area contributed by atoms with Gasteiger partial charge in [0.05, 0.1) is 28.7 Å². The minimum Gasteiger partial charge on any atom is -0.396 e. The molecule has 0 bridgehead atoms. The zero-order valence-corrected chi connectivity index (χ0v) is 14.4. The van der Waals surface area contributed by atoms with Gasteiger partial charge < -0.3 is 10.1 Å². The van der Waals surface area contributed by atoms with Crippen molar-refractivity contribution < 1.29 is 13.6 Å². The van der Waals surface area contributed by atoms with Crippen molar-refractivity contribution in [3.05, 3.63) is 48.2 Å². The molecule has 0 amide bonds.